The van der Waals surface area contributed by atoms with E-state index in [9.17, 15) is 4.79 Å². The molecule has 0 saturated heterocycles. The van der Waals surface area contributed by atoms with Gasteiger partial charge in [0.1, 0.15) is 4.88 Å². The summed E-state index contributed by atoms with van der Waals surface area (Å²) in [5, 5.41) is 5.41. The number of nitrogens with zero attached hydrogens (tertiary/aromatic N) is 1. The molecule has 3 aromatic rings. The number of carbonyl (C=O) groups excluding carboxylic acids is 1. The minimum absolute atomic E-state index is 0.113. The Morgan fingerprint density at radius 3 is 2.44 bits per heavy atom. The van der Waals surface area contributed by atoms with Crippen LogP contribution in [0.2, 0.25) is 5.02 Å². The van der Waals surface area contributed by atoms with Crippen molar-refractivity contribution in [3.05, 3.63) is 69.6 Å². The Kier molecular flexibility index (Phi) is 4.93. The van der Waals surface area contributed by atoms with Crippen molar-refractivity contribution in [2.24, 2.45) is 5.10 Å². The lowest BCUT2D eigenvalue weighted by atomic mass is 9.87. The fourth-order valence-corrected chi connectivity index (χ4v) is 3.85. The van der Waals surface area contributed by atoms with Crippen molar-refractivity contribution in [1.29, 1.82) is 0 Å². The van der Waals surface area contributed by atoms with Gasteiger partial charge in [-0.05, 0) is 22.6 Å². The summed E-state index contributed by atoms with van der Waals surface area (Å²) in [6.07, 6.45) is 1.63. The molecule has 2 aromatic carbocycles. The van der Waals surface area contributed by atoms with Crippen LogP contribution in [0.3, 0.4) is 0 Å². The topological polar surface area (TPSA) is 41.5 Å². The minimum Gasteiger partial charge on any atom is -0.266 e. The molecule has 0 saturated carbocycles. The smallest absolute Gasteiger partial charge is 0.266 e. The van der Waals surface area contributed by atoms with Gasteiger partial charge in [-0.1, -0.05) is 74.8 Å². The summed E-state index contributed by atoms with van der Waals surface area (Å²) in [6.45, 7) is 6.52. The van der Waals surface area contributed by atoms with E-state index in [0.717, 1.165) is 15.6 Å². The Balaban J connectivity index is 1.71. The van der Waals surface area contributed by atoms with Crippen LogP contribution in [0, 0.1) is 0 Å². The van der Waals surface area contributed by atoms with Crippen molar-refractivity contribution in [3.8, 4) is 0 Å². The highest BCUT2D eigenvalue weighted by atomic mass is 35.5. The number of fused-ring (bicyclic) bond motifs is 1. The van der Waals surface area contributed by atoms with Crippen LogP contribution < -0.4 is 5.43 Å². The molecular weight excluding hydrogens is 352 g/mol. The third kappa shape index (κ3) is 3.91. The summed E-state index contributed by atoms with van der Waals surface area (Å²) in [5.41, 5.74) is 4.85. The lowest BCUT2D eigenvalue weighted by Gasteiger charge is -2.18. The van der Waals surface area contributed by atoms with E-state index >= 15 is 0 Å². The molecule has 0 radical (unpaired) electrons. The first kappa shape index (κ1) is 17.6. The van der Waals surface area contributed by atoms with Crippen LogP contribution in [0.1, 0.15) is 41.6 Å². The number of amides is 1. The number of hydrogen-bond donors (Lipinski definition) is 1. The summed E-state index contributed by atoms with van der Waals surface area (Å²) in [4.78, 5) is 12.8. The normalized spacial score (nSPS) is 12.0. The highest BCUT2D eigenvalue weighted by molar-refractivity contribution is 7.21. The van der Waals surface area contributed by atoms with Gasteiger partial charge in [0.05, 0.1) is 11.2 Å². The van der Waals surface area contributed by atoms with Gasteiger partial charge in [-0.15, -0.1) is 11.3 Å². The standard InChI is InChI=1S/C20H19ClN2OS/c1-20(2,3)14-10-8-13(9-11-14)12-22-23-19(24)18-17(21)15-6-4-5-7-16(15)25-18/h4-12H,1-3H3,(H,23,24)/b22-12+. The van der Waals surface area contributed by atoms with E-state index in [1.165, 1.54) is 16.9 Å². The van der Waals surface area contributed by atoms with E-state index in [1.807, 2.05) is 36.4 Å². The molecule has 1 aromatic heterocycles. The van der Waals surface area contributed by atoms with Gasteiger partial charge in [-0.25, -0.2) is 5.43 Å². The van der Waals surface area contributed by atoms with Crippen LogP contribution in [-0.2, 0) is 5.41 Å². The highest BCUT2D eigenvalue weighted by Crippen LogP contribution is 2.34. The third-order valence-corrected chi connectivity index (χ3v) is 5.57. The Labute approximate surface area is 156 Å². The second-order valence-corrected chi connectivity index (χ2v) is 8.24. The van der Waals surface area contributed by atoms with E-state index in [2.05, 4.69) is 43.4 Å². The van der Waals surface area contributed by atoms with Gasteiger partial charge < -0.3 is 0 Å². The lowest BCUT2D eigenvalue weighted by molar-refractivity contribution is 0.0959. The van der Waals surface area contributed by atoms with Gasteiger partial charge in [0.2, 0.25) is 0 Å². The quantitative estimate of drug-likeness (QED) is 0.472. The monoisotopic (exact) mass is 370 g/mol. The Morgan fingerprint density at radius 2 is 1.80 bits per heavy atom. The van der Waals surface area contributed by atoms with Crippen molar-refractivity contribution in [2.75, 3.05) is 0 Å². The molecule has 0 fully saturated rings. The van der Waals surface area contributed by atoms with Gasteiger partial charge in [0, 0.05) is 10.1 Å². The maximum Gasteiger partial charge on any atom is 0.283 e. The zero-order valence-corrected chi connectivity index (χ0v) is 15.9. The van der Waals surface area contributed by atoms with Crippen LogP contribution >= 0.6 is 22.9 Å². The SMILES string of the molecule is CC(C)(C)c1ccc(/C=N/NC(=O)c2sc3ccccc3c2Cl)cc1. The molecule has 1 N–H and O–H groups in total. The third-order valence-electron chi connectivity index (χ3n) is 3.90. The predicted octanol–water partition coefficient (Wildman–Crippen LogP) is 5.62. The van der Waals surface area contributed by atoms with Crippen LogP contribution in [0.15, 0.2) is 53.6 Å². The maximum absolute atomic E-state index is 12.3. The van der Waals surface area contributed by atoms with Crippen molar-refractivity contribution in [3.63, 3.8) is 0 Å². The molecule has 25 heavy (non-hydrogen) atoms. The second-order valence-electron chi connectivity index (χ2n) is 6.81. The number of hydrogen-bond acceptors (Lipinski definition) is 3. The number of benzene rings is 2. The predicted molar refractivity (Wildman–Crippen MR) is 107 cm³/mol. The summed E-state index contributed by atoms with van der Waals surface area (Å²) >= 11 is 7.67. The number of carbonyl (C=O) groups is 1. The number of rotatable bonds is 3. The summed E-state index contributed by atoms with van der Waals surface area (Å²) < 4.78 is 0.986. The first-order valence-corrected chi connectivity index (χ1v) is 9.17. The molecule has 0 atom stereocenters. The zero-order chi connectivity index (χ0) is 18.0. The van der Waals surface area contributed by atoms with E-state index in [0.29, 0.717) is 9.90 Å². The average Bonchev–Trinajstić information content (AvgIpc) is 2.92. The van der Waals surface area contributed by atoms with Gasteiger partial charge >= 0.3 is 0 Å². The molecule has 3 nitrogen and oxygen atoms in total. The van der Waals surface area contributed by atoms with Crippen LogP contribution in [0.4, 0.5) is 0 Å². The number of hydrazone groups is 1. The molecule has 3 rings (SSSR count). The van der Waals surface area contributed by atoms with Crippen LogP contribution in [0.5, 0.6) is 0 Å². The molecule has 1 heterocycles. The number of halogens is 1. The first-order valence-electron chi connectivity index (χ1n) is 7.97. The highest BCUT2D eigenvalue weighted by Gasteiger charge is 2.16. The van der Waals surface area contributed by atoms with Crippen LogP contribution in [0.25, 0.3) is 10.1 Å². The molecule has 0 aliphatic carbocycles. The van der Waals surface area contributed by atoms with E-state index < -0.39 is 0 Å². The van der Waals surface area contributed by atoms with E-state index in [4.69, 9.17) is 11.6 Å². The Bertz CT molecular complexity index is 936. The average molecular weight is 371 g/mol. The number of nitrogens with one attached hydrogen (secondary N) is 1. The van der Waals surface area contributed by atoms with Gasteiger partial charge in [0.15, 0.2) is 0 Å². The summed E-state index contributed by atoms with van der Waals surface area (Å²) in [7, 11) is 0. The Morgan fingerprint density at radius 1 is 1.12 bits per heavy atom. The van der Waals surface area contributed by atoms with Crippen molar-refractivity contribution < 1.29 is 4.79 Å². The van der Waals surface area contributed by atoms with E-state index in [1.54, 1.807) is 6.21 Å². The largest absolute Gasteiger partial charge is 0.283 e. The fraction of sp³-hybridized carbons (Fsp3) is 0.200. The molecule has 5 heteroatoms. The van der Waals surface area contributed by atoms with Crippen LogP contribution in [-0.4, -0.2) is 12.1 Å². The Hall–Kier alpha value is -2.17. The minimum atomic E-state index is -0.297. The zero-order valence-electron chi connectivity index (χ0n) is 14.3. The fourth-order valence-electron chi connectivity index (χ4n) is 2.45. The van der Waals surface area contributed by atoms with Crippen molar-refractivity contribution >= 4 is 45.1 Å². The second kappa shape index (κ2) is 6.98. The maximum atomic E-state index is 12.3. The molecule has 0 aliphatic rings. The molecule has 0 spiro atoms. The van der Waals surface area contributed by atoms with Crippen molar-refractivity contribution in [1.82, 2.24) is 5.43 Å². The summed E-state index contributed by atoms with van der Waals surface area (Å²) in [5.74, 6) is -0.297. The molecular formula is C20H19ClN2OS. The summed E-state index contributed by atoms with van der Waals surface area (Å²) in [6, 6.07) is 15.8. The molecule has 0 bridgehead atoms. The van der Waals surface area contributed by atoms with Crippen molar-refractivity contribution in [2.45, 2.75) is 26.2 Å². The first-order chi connectivity index (χ1) is 11.9. The van der Waals surface area contributed by atoms with E-state index in [-0.39, 0.29) is 11.3 Å². The number of thiophene rings is 1. The molecule has 0 aliphatic heterocycles. The van der Waals surface area contributed by atoms with Gasteiger partial charge in [-0.3, -0.25) is 4.79 Å². The molecule has 0 unspecified atom stereocenters. The lowest BCUT2D eigenvalue weighted by Crippen LogP contribution is -2.16. The van der Waals surface area contributed by atoms with Gasteiger partial charge in [0.25, 0.3) is 5.91 Å². The molecule has 128 valence electrons. The molecule has 1 amide bonds. The van der Waals surface area contributed by atoms with Gasteiger partial charge in [-0.2, -0.15) is 5.10 Å².